The molecule has 0 heterocycles. The van der Waals surface area contributed by atoms with Gasteiger partial charge in [0.1, 0.15) is 5.88 Å². The van der Waals surface area contributed by atoms with Crippen LogP contribution < -0.4 is 0 Å². The highest BCUT2D eigenvalue weighted by molar-refractivity contribution is 6.26. The SMILES string of the molecule is O=C(CCl)OCC(F)(F)C(F)(F)C(F)(F)C(F)(F)C(F)(F)C(F)F. The zero-order chi connectivity index (χ0) is 19.8. The van der Waals surface area contributed by atoms with Gasteiger partial charge in [-0.1, -0.05) is 0 Å². The number of alkyl halides is 13. The fourth-order valence-electron chi connectivity index (χ4n) is 1.07. The van der Waals surface area contributed by atoms with E-state index in [2.05, 4.69) is 4.74 Å². The molecule has 0 aliphatic carbocycles. The van der Waals surface area contributed by atoms with Gasteiger partial charge in [0, 0.05) is 0 Å². The normalized spacial score (nSPS) is 14.9. The molecule has 0 N–H and O–H groups in total. The molecule has 0 radical (unpaired) electrons. The Morgan fingerprint density at radius 1 is 0.833 bits per heavy atom. The fourth-order valence-corrected chi connectivity index (χ4v) is 1.15. The second-order valence-electron chi connectivity index (χ2n) is 4.15. The first-order chi connectivity index (χ1) is 10.4. The summed E-state index contributed by atoms with van der Waals surface area (Å²) in [4.78, 5) is 10.4. The Balaban J connectivity index is 5.84. The van der Waals surface area contributed by atoms with E-state index in [-0.39, 0.29) is 0 Å². The Hall–Kier alpha value is -1.08. The summed E-state index contributed by atoms with van der Waals surface area (Å²) in [5.74, 6) is -39.0. The predicted molar refractivity (Wildman–Crippen MR) is 52.4 cm³/mol. The molecule has 0 saturated heterocycles. The summed E-state index contributed by atoms with van der Waals surface area (Å²) in [6.45, 7) is -2.95. The molecule has 0 saturated carbocycles. The van der Waals surface area contributed by atoms with Crippen molar-refractivity contribution in [2.24, 2.45) is 0 Å². The van der Waals surface area contributed by atoms with Crippen molar-refractivity contribution < 1.29 is 62.2 Å². The maximum atomic E-state index is 13.0. The van der Waals surface area contributed by atoms with E-state index in [1.165, 1.54) is 0 Å². The van der Waals surface area contributed by atoms with E-state index in [1.54, 1.807) is 0 Å². The average molecular weight is 409 g/mol. The lowest BCUT2D eigenvalue weighted by atomic mass is 9.94. The molecule has 0 rings (SSSR count). The van der Waals surface area contributed by atoms with Crippen molar-refractivity contribution in [2.45, 2.75) is 36.0 Å². The smallest absolute Gasteiger partial charge is 0.384 e. The first-order valence-corrected chi connectivity index (χ1v) is 5.82. The number of esters is 1. The van der Waals surface area contributed by atoms with Crippen LogP contribution in [-0.4, -0.2) is 54.5 Å². The van der Waals surface area contributed by atoms with Crippen molar-refractivity contribution in [3.8, 4) is 0 Å². The van der Waals surface area contributed by atoms with Crippen LogP contribution >= 0.6 is 11.6 Å². The Morgan fingerprint density at radius 2 is 1.25 bits per heavy atom. The monoisotopic (exact) mass is 408 g/mol. The van der Waals surface area contributed by atoms with Crippen LogP contribution in [0.4, 0.5) is 52.7 Å². The first-order valence-electron chi connectivity index (χ1n) is 5.29. The van der Waals surface area contributed by atoms with Gasteiger partial charge in [0.15, 0.2) is 6.61 Å². The van der Waals surface area contributed by atoms with Gasteiger partial charge in [-0.25, -0.2) is 8.78 Å². The van der Waals surface area contributed by atoms with Gasteiger partial charge < -0.3 is 4.74 Å². The molecule has 0 aromatic rings. The molecule has 24 heavy (non-hydrogen) atoms. The minimum Gasteiger partial charge on any atom is -0.458 e. The largest absolute Gasteiger partial charge is 0.458 e. The zero-order valence-electron chi connectivity index (χ0n) is 10.7. The Bertz CT molecular complexity index is 463. The average Bonchev–Trinajstić information content (AvgIpc) is 2.43. The number of carbonyl (C=O) groups excluding carboxylic acids is 1. The van der Waals surface area contributed by atoms with Crippen LogP contribution in [0, 0.1) is 0 Å². The standard InChI is InChI=1S/C9H5ClF12O2/c10-1-3(23)24-2-5(13,14)7(17,18)9(21,22)8(19,20)6(15,16)4(11)12/h4H,1-2H2. The second kappa shape index (κ2) is 6.67. The first kappa shape index (κ1) is 22.9. The lowest BCUT2D eigenvalue weighted by Crippen LogP contribution is -2.69. The van der Waals surface area contributed by atoms with Gasteiger partial charge in [0.05, 0.1) is 0 Å². The quantitative estimate of drug-likeness (QED) is 0.342. The highest BCUT2D eigenvalue weighted by Crippen LogP contribution is 2.58. The molecule has 0 amide bonds. The molecule has 0 fully saturated rings. The summed E-state index contributed by atoms with van der Waals surface area (Å²) in [6, 6.07) is 0. The minimum atomic E-state index is -7.64. The number of carbonyl (C=O) groups is 1. The van der Waals surface area contributed by atoms with Gasteiger partial charge in [0.2, 0.25) is 0 Å². The summed E-state index contributed by atoms with van der Waals surface area (Å²) in [5.41, 5.74) is 0. The Kier molecular flexibility index (Phi) is 6.37. The number of hydrogen-bond donors (Lipinski definition) is 0. The van der Waals surface area contributed by atoms with E-state index >= 15 is 0 Å². The van der Waals surface area contributed by atoms with Crippen LogP contribution in [0.2, 0.25) is 0 Å². The van der Waals surface area contributed by atoms with E-state index in [1.807, 2.05) is 0 Å². The Morgan fingerprint density at radius 3 is 1.58 bits per heavy atom. The summed E-state index contributed by atoms with van der Waals surface area (Å²) >= 11 is 4.69. The van der Waals surface area contributed by atoms with Gasteiger partial charge >= 0.3 is 42.0 Å². The van der Waals surface area contributed by atoms with Crippen molar-refractivity contribution in [1.82, 2.24) is 0 Å². The van der Waals surface area contributed by atoms with Gasteiger partial charge in [-0.3, -0.25) is 4.79 Å². The molecule has 0 aliphatic rings. The van der Waals surface area contributed by atoms with Crippen molar-refractivity contribution in [3.63, 3.8) is 0 Å². The fraction of sp³-hybridized carbons (Fsp3) is 0.889. The number of halogens is 13. The van der Waals surface area contributed by atoms with Crippen molar-refractivity contribution in [2.75, 3.05) is 12.5 Å². The molecule has 0 unspecified atom stereocenters. The molecule has 144 valence electrons. The maximum Gasteiger partial charge on any atom is 0.384 e. The molecule has 0 aromatic carbocycles. The Labute approximate surface area is 129 Å². The molecular weight excluding hydrogens is 404 g/mol. The van der Waals surface area contributed by atoms with E-state index in [0.717, 1.165) is 0 Å². The molecule has 15 heteroatoms. The number of ether oxygens (including phenoxy) is 1. The third kappa shape index (κ3) is 3.47. The third-order valence-corrected chi connectivity index (χ3v) is 2.68. The van der Waals surface area contributed by atoms with Gasteiger partial charge in [-0.15, -0.1) is 11.6 Å². The van der Waals surface area contributed by atoms with Gasteiger partial charge in [-0.05, 0) is 0 Å². The second-order valence-corrected chi connectivity index (χ2v) is 4.41. The highest BCUT2D eigenvalue weighted by Gasteiger charge is 2.87. The lowest BCUT2D eigenvalue weighted by molar-refractivity contribution is -0.414. The summed E-state index contributed by atoms with van der Waals surface area (Å²) in [5, 5.41) is 0. The predicted octanol–water partition coefficient (Wildman–Crippen LogP) is 4.21. The highest BCUT2D eigenvalue weighted by atomic mass is 35.5. The minimum absolute atomic E-state index is 1.22. The topological polar surface area (TPSA) is 26.3 Å². The van der Waals surface area contributed by atoms with Crippen LogP contribution in [-0.2, 0) is 9.53 Å². The molecule has 0 spiro atoms. The molecule has 0 atom stereocenters. The van der Waals surface area contributed by atoms with Crippen LogP contribution in [0.15, 0.2) is 0 Å². The van der Waals surface area contributed by atoms with Gasteiger partial charge in [0.25, 0.3) is 0 Å². The van der Waals surface area contributed by atoms with E-state index < -0.39 is 54.5 Å². The van der Waals surface area contributed by atoms with E-state index in [9.17, 15) is 57.5 Å². The molecule has 0 bridgehead atoms. The molecule has 2 nitrogen and oxygen atoms in total. The summed E-state index contributed by atoms with van der Waals surface area (Å²) in [7, 11) is 0. The van der Waals surface area contributed by atoms with E-state index in [4.69, 9.17) is 11.6 Å². The van der Waals surface area contributed by atoms with Crippen LogP contribution in [0.1, 0.15) is 0 Å². The van der Waals surface area contributed by atoms with Gasteiger partial charge in [-0.2, -0.15) is 43.9 Å². The number of hydrogen-bond acceptors (Lipinski definition) is 2. The maximum absolute atomic E-state index is 13.0. The van der Waals surface area contributed by atoms with E-state index in [0.29, 0.717) is 0 Å². The molecular formula is C9H5ClF12O2. The van der Waals surface area contributed by atoms with Crippen LogP contribution in [0.25, 0.3) is 0 Å². The summed E-state index contributed by atoms with van der Waals surface area (Å²) in [6.07, 6.45) is -5.57. The van der Waals surface area contributed by atoms with Crippen LogP contribution in [0.5, 0.6) is 0 Å². The van der Waals surface area contributed by atoms with Crippen molar-refractivity contribution >= 4 is 17.6 Å². The number of rotatable bonds is 8. The zero-order valence-corrected chi connectivity index (χ0v) is 11.5. The van der Waals surface area contributed by atoms with Crippen molar-refractivity contribution in [3.05, 3.63) is 0 Å². The lowest BCUT2D eigenvalue weighted by Gasteiger charge is -2.38. The third-order valence-electron chi connectivity index (χ3n) is 2.46. The van der Waals surface area contributed by atoms with Crippen molar-refractivity contribution in [1.29, 1.82) is 0 Å². The summed E-state index contributed by atoms with van der Waals surface area (Å²) < 4.78 is 155. The van der Waals surface area contributed by atoms with Crippen LogP contribution in [0.3, 0.4) is 0 Å². The molecule has 0 aromatic heterocycles. The molecule has 0 aliphatic heterocycles.